The number of nitriles is 1. The number of carbonyl (C=O) groups is 2. The highest BCUT2D eigenvalue weighted by Crippen LogP contribution is 2.21. The molecule has 2 aromatic heterocycles. The lowest BCUT2D eigenvalue weighted by Gasteiger charge is -2.27. The van der Waals surface area contributed by atoms with Gasteiger partial charge in [-0.25, -0.2) is 19.7 Å². The molecule has 0 unspecified atom stereocenters. The van der Waals surface area contributed by atoms with Crippen LogP contribution in [-0.4, -0.2) is 49.7 Å². The molecule has 1 fully saturated rings. The second-order valence-corrected chi connectivity index (χ2v) is 6.65. The lowest BCUT2D eigenvalue weighted by molar-refractivity contribution is 0.0185. The molecule has 1 saturated heterocycles. The highest BCUT2D eigenvalue weighted by Gasteiger charge is 2.33. The molecule has 0 bridgehead atoms. The van der Waals surface area contributed by atoms with Crippen LogP contribution in [0.1, 0.15) is 38.5 Å². The molecular weight excluding hydrogens is 368 g/mol. The summed E-state index contributed by atoms with van der Waals surface area (Å²) in [5, 5.41) is 16.1. The minimum Gasteiger partial charge on any atom is -0.267 e. The zero-order valence-corrected chi connectivity index (χ0v) is 15.8. The molecule has 1 aromatic carbocycles. The van der Waals surface area contributed by atoms with Crippen molar-refractivity contribution in [2.45, 2.75) is 13.3 Å². The van der Waals surface area contributed by atoms with Crippen LogP contribution >= 0.6 is 0 Å². The van der Waals surface area contributed by atoms with E-state index in [-0.39, 0.29) is 17.5 Å². The maximum absolute atomic E-state index is 13.2. The predicted molar refractivity (Wildman–Crippen MR) is 104 cm³/mol. The van der Waals surface area contributed by atoms with Crippen molar-refractivity contribution in [2.75, 3.05) is 13.1 Å². The number of rotatable bonds is 3. The Morgan fingerprint density at radius 2 is 1.72 bits per heavy atom. The summed E-state index contributed by atoms with van der Waals surface area (Å²) in [6.07, 6.45) is 3.59. The van der Waals surface area contributed by atoms with Gasteiger partial charge in [-0.2, -0.15) is 10.4 Å². The number of aromatic nitrogens is 3. The first-order chi connectivity index (χ1) is 14.1. The van der Waals surface area contributed by atoms with Gasteiger partial charge in [-0.3, -0.25) is 9.59 Å². The first-order valence-corrected chi connectivity index (χ1v) is 9.20. The fourth-order valence-corrected chi connectivity index (χ4v) is 3.36. The Balaban J connectivity index is 1.59. The number of hydrogen-bond acceptors (Lipinski definition) is 5. The van der Waals surface area contributed by atoms with E-state index < -0.39 is 0 Å². The zero-order chi connectivity index (χ0) is 20.4. The molecular formula is C21H18N6O2. The van der Waals surface area contributed by atoms with Gasteiger partial charge >= 0.3 is 0 Å². The molecule has 0 spiro atoms. The van der Waals surface area contributed by atoms with Crippen molar-refractivity contribution in [2.24, 2.45) is 0 Å². The molecule has 0 saturated carbocycles. The summed E-state index contributed by atoms with van der Waals surface area (Å²) in [6, 6.07) is 14.5. The molecule has 4 rings (SSSR count). The van der Waals surface area contributed by atoms with Crippen molar-refractivity contribution >= 4 is 11.8 Å². The summed E-state index contributed by atoms with van der Waals surface area (Å²) in [7, 11) is 0. The molecule has 144 valence electrons. The number of pyridine rings is 1. The van der Waals surface area contributed by atoms with Gasteiger partial charge in [-0.15, -0.1) is 0 Å². The smallest absolute Gasteiger partial charge is 0.267 e. The minimum absolute atomic E-state index is 0.236. The summed E-state index contributed by atoms with van der Waals surface area (Å²) in [5.74, 6) is -0.585. The fraction of sp³-hybridized carbons (Fsp3) is 0.190. The van der Waals surface area contributed by atoms with Crippen LogP contribution in [0.5, 0.6) is 0 Å². The summed E-state index contributed by atoms with van der Waals surface area (Å²) in [6.45, 7) is 2.72. The zero-order valence-electron chi connectivity index (χ0n) is 15.8. The molecule has 3 heterocycles. The second-order valence-electron chi connectivity index (χ2n) is 6.65. The van der Waals surface area contributed by atoms with E-state index in [1.54, 1.807) is 10.7 Å². The number of hydrogen-bond donors (Lipinski definition) is 0. The molecule has 0 aliphatic carbocycles. The van der Waals surface area contributed by atoms with Crippen LogP contribution in [0.25, 0.3) is 5.69 Å². The molecule has 0 atom stereocenters. The van der Waals surface area contributed by atoms with E-state index in [9.17, 15) is 9.59 Å². The van der Waals surface area contributed by atoms with Gasteiger partial charge in [0.1, 0.15) is 11.8 Å². The Bertz CT molecular complexity index is 1100. The highest BCUT2D eigenvalue weighted by atomic mass is 16.2. The summed E-state index contributed by atoms with van der Waals surface area (Å²) < 4.78 is 1.71. The molecule has 3 aromatic rings. The molecule has 1 aliphatic rings. The van der Waals surface area contributed by atoms with Gasteiger partial charge in [-0.05, 0) is 37.6 Å². The lowest BCUT2D eigenvalue weighted by atomic mass is 10.2. The fourth-order valence-electron chi connectivity index (χ4n) is 3.36. The van der Waals surface area contributed by atoms with E-state index in [1.165, 1.54) is 28.5 Å². The Labute approximate surface area is 167 Å². The number of hydrazine groups is 1. The van der Waals surface area contributed by atoms with Crippen molar-refractivity contribution in [3.05, 3.63) is 77.4 Å². The monoisotopic (exact) mass is 386 g/mol. The Morgan fingerprint density at radius 3 is 2.38 bits per heavy atom. The minimum atomic E-state index is -0.319. The first kappa shape index (κ1) is 18.4. The third-order valence-electron chi connectivity index (χ3n) is 4.87. The molecule has 0 N–H and O–H groups in total. The number of para-hydroxylation sites is 1. The topological polar surface area (TPSA) is 95.1 Å². The van der Waals surface area contributed by atoms with Crippen molar-refractivity contribution in [1.29, 1.82) is 5.26 Å². The Kier molecular flexibility index (Phi) is 4.79. The average molecular weight is 386 g/mol. The molecule has 8 heteroatoms. The lowest BCUT2D eigenvalue weighted by Crippen LogP contribution is -2.45. The Hall–Kier alpha value is -3.99. The number of amides is 2. The second kappa shape index (κ2) is 7.56. The maximum atomic E-state index is 13.2. The van der Waals surface area contributed by atoms with Gasteiger partial charge in [-0.1, -0.05) is 18.2 Å². The van der Waals surface area contributed by atoms with Crippen molar-refractivity contribution < 1.29 is 9.59 Å². The van der Waals surface area contributed by atoms with E-state index in [0.717, 1.165) is 5.69 Å². The third kappa shape index (κ3) is 3.34. The Morgan fingerprint density at radius 1 is 1.00 bits per heavy atom. The first-order valence-electron chi connectivity index (χ1n) is 9.20. The van der Waals surface area contributed by atoms with E-state index in [4.69, 9.17) is 5.26 Å². The summed E-state index contributed by atoms with van der Waals surface area (Å²) in [4.78, 5) is 30.0. The van der Waals surface area contributed by atoms with Gasteiger partial charge in [0.2, 0.25) is 0 Å². The van der Waals surface area contributed by atoms with Crippen molar-refractivity contribution in [3.8, 4) is 11.8 Å². The number of benzene rings is 1. The normalized spacial score (nSPS) is 13.4. The van der Waals surface area contributed by atoms with Crippen LogP contribution < -0.4 is 0 Å². The van der Waals surface area contributed by atoms with Crippen molar-refractivity contribution in [3.63, 3.8) is 0 Å². The van der Waals surface area contributed by atoms with E-state index >= 15 is 0 Å². The molecule has 0 radical (unpaired) electrons. The van der Waals surface area contributed by atoms with Crippen LogP contribution in [0, 0.1) is 18.3 Å². The van der Waals surface area contributed by atoms with Gasteiger partial charge in [0, 0.05) is 19.3 Å². The summed E-state index contributed by atoms with van der Waals surface area (Å²) in [5.41, 5.74) is 2.59. The SMILES string of the molecule is Cc1c(C(=O)N2CCCN2C(=O)c2ccc(C#N)nc2)cnn1-c1ccccc1. The average Bonchev–Trinajstić information content (AvgIpc) is 3.40. The van der Waals surface area contributed by atoms with Gasteiger partial charge in [0.15, 0.2) is 0 Å². The summed E-state index contributed by atoms with van der Waals surface area (Å²) >= 11 is 0. The van der Waals surface area contributed by atoms with Crippen LogP contribution in [0.15, 0.2) is 54.9 Å². The van der Waals surface area contributed by atoms with Crippen LogP contribution in [0.2, 0.25) is 0 Å². The predicted octanol–water partition coefficient (Wildman–Crippen LogP) is 2.35. The van der Waals surface area contributed by atoms with Crippen molar-refractivity contribution in [1.82, 2.24) is 24.8 Å². The van der Waals surface area contributed by atoms with Crippen LogP contribution in [-0.2, 0) is 0 Å². The maximum Gasteiger partial charge on any atom is 0.275 e. The molecule has 1 aliphatic heterocycles. The van der Waals surface area contributed by atoms with E-state index in [1.807, 2.05) is 43.3 Å². The van der Waals surface area contributed by atoms with Crippen LogP contribution in [0.3, 0.4) is 0 Å². The molecule has 2 amide bonds. The van der Waals surface area contributed by atoms with Gasteiger partial charge < -0.3 is 0 Å². The van der Waals surface area contributed by atoms with Crippen LogP contribution in [0.4, 0.5) is 0 Å². The van der Waals surface area contributed by atoms with E-state index in [2.05, 4.69) is 10.1 Å². The standard InChI is InChI=1S/C21H18N6O2/c1-15-19(14-24-27(15)18-6-3-2-4-7-18)21(29)26-11-5-10-25(26)20(28)16-8-9-17(12-22)23-13-16/h2-4,6-9,13-14H,5,10-11H2,1H3. The highest BCUT2D eigenvalue weighted by molar-refractivity contribution is 5.99. The number of nitrogens with zero attached hydrogens (tertiary/aromatic N) is 6. The van der Waals surface area contributed by atoms with Gasteiger partial charge in [0.25, 0.3) is 11.8 Å². The van der Waals surface area contributed by atoms with Gasteiger partial charge in [0.05, 0.1) is 28.7 Å². The largest absolute Gasteiger partial charge is 0.275 e. The third-order valence-corrected chi connectivity index (χ3v) is 4.87. The number of carbonyl (C=O) groups excluding carboxylic acids is 2. The quantitative estimate of drug-likeness (QED) is 0.689. The molecule has 29 heavy (non-hydrogen) atoms. The molecule has 8 nitrogen and oxygen atoms in total. The van der Waals surface area contributed by atoms with E-state index in [0.29, 0.717) is 36.3 Å².